The number of hydrogen-bond donors (Lipinski definition) is 1. The number of amides is 1. The van der Waals surface area contributed by atoms with Crippen LogP contribution in [0.15, 0.2) is 30.3 Å². The average Bonchev–Trinajstić information content (AvgIpc) is 2.54. The molecule has 0 aliphatic carbocycles. The lowest BCUT2D eigenvalue weighted by molar-refractivity contribution is -0.143. The van der Waals surface area contributed by atoms with Gasteiger partial charge in [0, 0.05) is 13.6 Å². The number of benzene rings is 1. The lowest BCUT2D eigenvalue weighted by Crippen LogP contribution is -2.48. The van der Waals surface area contributed by atoms with E-state index in [1.807, 2.05) is 18.0 Å². The van der Waals surface area contributed by atoms with Crippen molar-refractivity contribution in [2.75, 3.05) is 26.7 Å². The van der Waals surface area contributed by atoms with Crippen molar-refractivity contribution < 1.29 is 4.79 Å². The number of nitrogens with one attached hydrogen (secondary N) is 1. The van der Waals surface area contributed by atoms with Crippen LogP contribution < -0.4 is 5.32 Å². The standard InChI is InChI=1S/C18H28N2O/c1-3-10-18(11-13-19-14-12-18)17(21)20(2)15-9-16-7-5-4-6-8-16/h4-8,19H,3,9-15H2,1-2H3. The van der Waals surface area contributed by atoms with E-state index in [0.717, 1.165) is 51.7 Å². The lowest BCUT2D eigenvalue weighted by Gasteiger charge is -2.39. The molecule has 2 rings (SSSR count). The summed E-state index contributed by atoms with van der Waals surface area (Å²) < 4.78 is 0. The molecule has 0 unspecified atom stereocenters. The molecule has 1 aromatic carbocycles. The molecule has 1 N–H and O–H groups in total. The van der Waals surface area contributed by atoms with E-state index in [4.69, 9.17) is 0 Å². The van der Waals surface area contributed by atoms with Gasteiger partial charge in [-0.05, 0) is 44.3 Å². The highest BCUT2D eigenvalue weighted by atomic mass is 16.2. The Morgan fingerprint density at radius 1 is 1.24 bits per heavy atom. The lowest BCUT2D eigenvalue weighted by atomic mass is 9.74. The van der Waals surface area contributed by atoms with Crippen molar-refractivity contribution >= 4 is 5.91 Å². The largest absolute Gasteiger partial charge is 0.345 e. The molecule has 0 radical (unpaired) electrons. The van der Waals surface area contributed by atoms with Crippen molar-refractivity contribution in [1.82, 2.24) is 10.2 Å². The third-order valence-electron chi connectivity index (χ3n) is 4.67. The first kappa shape index (κ1) is 16.0. The molecule has 116 valence electrons. The smallest absolute Gasteiger partial charge is 0.228 e. The van der Waals surface area contributed by atoms with Gasteiger partial charge in [0.1, 0.15) is 0 Å². The second-order valence-electron chi connectivity index (χ2n) is 6.24. The summed E-state index contributed by atoms with van der Waals surface area (Å²) >= 11 is 0. The highest BCUT2D eigenvalue weighted by Crippen LogP contribution is 2.35. The minimum absolute atomic E-state index is 0.120. The monoisotopic (exact) mass is 288 g/mol. The van der Waals surface area contributed by atoms with E-state index in [0.29, 0.717) is 5.91 Å². The van der Waals surface area contributed by atoms with Crippen molar-refractivity contribution in [3.05, 3.63) is 35.9 Å². The summed E-state index contributed by atoms with van der Waals surface area (Å²) in [4.78, 5) is 14.9. The Kier molecular flexibility index (Phi) is 5.80. The quantitative estimate of drug-likeness (QED) is 0.873. The summed E-state index contributed by atoms with van der Waals surface area (Å²) in [5.74, 6) is 0.349. The SMILES string of the molecule is CCCC1(C(=O)N(C)CCc2ccccc2)CCNCC1. The molecule has 1 saturated heterocycles. The number of likely N-dealkylation sites (N-methyl/N-ethyl adjacent to an activating group) is 1. The minimum atomic E-state index is -0.120. The van der Waals surface area contributed by atoms with E-state index in [2.05, 4.69) is 36.5 Å². The number of rotatable bonds is 6. The maximum absolute atomic E-state index is 12.9. The Bertz CT molecular complexity index is 432. The summed E-state index contributed by atoms with van der Waals surface area (Å²) in [6.45, 7) is 4.93. The average molecular weight is 288 g/mol. The molecular formula is C18H28N2O. The molecule has 0 aromatic heterocycles. The Morgan fingerprint density at radius 3 is 2.52 bits per heavy atom. The van der Waals surface area contributed by atoms with Crippen molar-refractivity contribution in [1.29, 1.82) is 0 Å². The molecule has 3 nitrogen and oxygen atoms in total. The molecule has 21 heavy (non-hydrogen) atoms. The molecule has 0 spiro atoms. The van der Waals surface area contributed by atoms with Gasteiger partial charge in [0.25, 0.3) is 0 Å². The first-order chi connectivity index (χ1) is 10.2. The Hall–Kier alpha value is -1.35. The zero-order chi connectivity index (χ0) is 15.1. The zero-order valence-electron chi connectivity index (χ0n) is 13.4. The first-order valence-corrected chi connectivity index (χ1v) is 8.18. The molecule has 0 saturated carbocycles. The fourth-order valence-corrected chi connectivity index (χ4v) is 3.40. The summed E-state index contributed by atoms with van der Waals surface area (Å²) in [5, 5.41) is 3.38. The molecule has 1 fully saturated rings. The van der Waals surface area contributed by atoms with Gasteiger partial charge in [-0.3, -0.25) is 4.79 Å². The van der Waals surface area contributed by atoms with Crippen LogP contribution >= 0.6 is 0 Å². The van der Waals surface area contributed by atoms with Gasteiger partial charge < -0.3 is 10.2 Å². The third kappa shape index (κ3) is 4.07. The van der Waals surface area contributed by atoms with Gasteiger partial charge in [-0.1, -0.05) is 43.7 Å². The molecule has 1 amide bonds. The molecule has 0 bridgehead atoms. The van der Waals surface area contributed by atoms with E-state index < -0.39 is 0 Å². The number of piperidine rings is 1. The van der Waals surface area contributed by atoms with E-state index in [1.54, 1.807) is 0 Å². The van der Waals surface area contributed by atoms with Gasteiger partial charge in [0.2, 0.25) is 5.91 Å². The molecule has 1 aromatic rings. The van der Waals surface area contributed by atoms with Crippen LogP contribution in [0.2, 0.25) is 0 Å². The topological polar surface area (TPSA) is 32.3 Å². The first-order valence-electron chi connectivity index (χ1n) is 8.18. The van der Waals surface area contributed by atoms with E-state index in [9.17, 15) is 4.79 Å². The molecular weight excluding hydrogens is 260 g/mol. The summed E-state index contributed by atoms with van der Waals surface area (Å²) in [5.41, 5.74) is 1.18. The molecule has 0 atom stereocenters. The normalized spacial score (nSPS) is 17.4. The van der Waals surface area contributed by atoms with Gasteiger partial charge in [-0.2, -0.15) is 0 Å². The second-order valence-corrected chi connectivity index (χ2v) is 6.24. The molecule has 3 heteroatoms. The predicted molar refractivity (Wildman–Crippen MR) is 87.2 cm³/mol. The highest BCUT2D eigenvalue weighted by Gasteiger charge is 2.40. The van der Waals surface area contributed by atoms with Crippen molar-refractivity contribution in [3.63, 3.8) is 0 Å². The van der Waals surface area contributed by atoms with Crippen molar-refractivity contribution in [3.8, 4) is 0 Å². The Labute approximate surface area is 128 Å². The molecule has 1 heterocycles. The Balaban J connectivity index is 1.96. The van der Waals surface area contributed by atoms with Crippen LogP contribution in [0, 0.1) is 5.41 Å². The Morgan fingerprint density at radius 2 is 1.90 bits per heavy atom. The maximum atomic E-state index is 12.9. The fourth-order valence-electron chi connectivity index (χ4n) is 3.40. The van der Waals surface area contributed by atoms with Gasteiger partial charge >= 0.3 is 0 Å². The van der Waals surface area contributed by atoms with Crippen LogP contribution in [-0.2, 0) is 11.2 Å². The van der Waals surface area contributed by atoms with Crippen LogP contribution in [0.25, 0.3) is 0 Å². The van der Waals surface area contributed by atoms with Gasteiger partial charge in [0.15, 0.2) is 0 Å². The van der Waals surface area contributed by atoms with Crippen LogP contribution in [0.3, 0.4) is 0 Å². The number of carbonyl (C=O) groups excluding carboxylic acids is 1. The molecule has 1 aliphatic heterocycles. The van der Waals surface area contributed by atoms with Crippen LogP contribution in [0.5, 0.6) is 0 Å². The van der Waals surface area contributed by atoms with E-state index >= 15 is 0 Å². The highest BCUT2D eigenvalue weighted by molar-refractivity contribution is 5.82. The number of hydrogen-bond acceptors (Lipinski definition) is 2. The number of carbonyl (C=O) groups is 1. The molecule has 1 aliphatic rings. The predicted octanol–water partition coefficient (Wildman–Crippen LogP) is 2.86. The van der Waals surface area contributed by atoms with Crippen LogP contribution in [0.4, 0.5) is 0 Å². The van der Waals surface area contributed by atoms with E-state index in [1.165, 1.54) is 5.56 Å². The van der Waals surface area contributed by atoms with Gasteiger partial charge in [-0.15, -0.1) is 0 Å². The minimum Gasteiger partial charge on any atom is -0.345 e. The van der Waals surface area contributed by atoms with Crippen LogP contribution in [-0.4, -0.2) is 37.5 Å². The van der Waals surface area contributed by atoms with Crippen LogP contribution in [0.1, 0.15) is 38.2 Å². The fraction of sp³-hybridized carbons (Fsp3) is 0.611. The number of nitrogens with zero attached hydrogens (tertiary/aromatic N) is 1. The summed E-state index contributed by atoms with van der Waals surface area (Å²) in [7, 11) is 1.96. The van der Waals surface area contributed by atoms with Crippen molar-refractivity contribution in [2.45, 2.75) is 39.0 Å². The third-order valence-corrected chi connectivity index (χ3v) is 4.67. The van der Waals surface area contributed by atoms with Gasteiger partial charge in [-0.25, -0.2) is 0 Å². The zero-order valence-corrected chi connectivity index (χ0v) is 13.4. The van der Waals surface area contributed by atoms with Gasteiger partial charge in [0.05, 0.1) is 5.41 Å². The second kappa shape index (κ2) is 7.60. The van der Waals surface area contributed by atoms with Crippen molar-refractivity contribution in [2.24, 2.45) is 5.41 Å². The van der Waals surface area contributed by atoms with E-state index in [-0.39, 0.29) is 5.41 Å². The maximum Gasteiger partial charge on any atom is 0.228 e. The summed E-state index contributed by atoms with van der Waals surface area (Å²) in [6, 6.07) is 10.4. The summed E-state index contributed by atoms with van der Waals surface area (Å²) in [6.07, 6.45) is 5.00.